The first-order valence-corrected chi connectivity index (χ1v) is 10.9. The number of piperazine rings is 1. The van der Waals surface area contributed by atoms with E-state index in [9.17, 15) is 4.79 Å². The molecule has 144 valence electrons. The summed E-state index contributed by atoms with van der Waals surface area (Å²) in [6.45, 7) is 5.68. The van der Waals surface area contributed by atoms with Crippen LogP contribution in [0.1, 0.15) is 32.6 Å². The van der Waals surface area contributed by atoms with Gasteiger partial charge in [0.2, 0.25) is 5.91 Å². The average Bonchev–Trinajstić information content (AvgIpc) is 3.40. The molecule has 1 unspecified atom stereocenters. The van der Waals surface area contributed by atoms with Gasteiger partial charge in [-0.1, -0.05) is 43.2 Å². The number of anilines is 1. The molecule has 4 rings (SSSR count). The number of aromatic nitrogens is 1. The fourth-order valence-corrected chi connectivity index (χ4v) is 4.90. The minimum Gasteiger partial charge on any atom is -0.352 e. The molecule has 1 aliphatic carbocycles. The van der Waals surface area contributed by atoms with E-state index < -0.39 is 0 Å². The van der Waals surface area contributed by atoms with Gasteiger partial charge in [0.25, 0.3) is 0 Å². The molecule has 1 amide bonds. The standard InChI is InChI=1S/C21H28N4OS/c1-16(20(26)22-18-9-5-6-10-18)24-11-13-25(14-12-24)21-23-19(15-27-21)17-7-3-2-4-8-17/h2-4,7-8,15-16,18H,5-6,9-14H2,1H3,(H,22,26). The second-order valence-corrected chi connectivity index (χ2v) is 8.41. The Balaban J connectivity index is 1.31. The maximum Gasteiger partial charge on any atom is 0.237 e. The molecule has 1 atom stereocenters. The number of nitrogens with one attached hydrogen (secondary N) is 1. The smallest absolute Gasteiger partial charge is 0.237 e. The molecule has 0 spiro atoms. The van der Waals surface area contributed by atoms with Gasteiger partial charge in [-0.05, 0) is 19.8 Å². The Morgan fingerprint density at radius 2 is 1.85 bits per heavy atom. The summed E-state index contributed by atoms with van der Waals surface area (Å²) in [5.41, 5.74) is 2.21. The normalized spacial score (nSPS) is 20.0. The number of thiazole rings is 1. The maximum atomic E-state index is 12.5. The van der Waals surface area contributed by atoms with Crippen LogP contribution in [0.2, 0.25) is 0 Å². The molecule has 5 nitrogen and oxygen atoms in total. The van der Waals surface area contributed by atoms with Gasteiger partial charge < -0.3 is 10.2 Å². The van der Waals surface area contributed by atoms with E-state index in [1.165, 1.54) is 12.8 Å². The quantitative estimate of drug-likeness (QED) is 0.859. The third-order valence-corrected chi connectivity index (χ3v) is 6.68. The van der Waals surface area contributed by atoms with Crippen molar-refractivity contribution in [3.05, 3.63) is 35.7 Å². The highest BCUT2D eigenvalue weighted by Gasteiger charge is 2.28. The van der Waals surface area contributed by atoms with E-state index >= 15 is 0 Å². The van der Waals surface area contributed by atoms with Crippen LogP contribution in [0.4, 0.5) is 5.13 Å². The topological polar surface area (TPSA) is 48.5 Å². The second kappa shape index (κ2) is 8.40. The first-order valence-electron chi connectivity index (χ1n) is 10.0. The largest absolute Gasteiger partial charge is 0.352 e. The van der Waals surface area contributed by atoms with Crippen molar-refractivity contribution >= 4 is 22.4 Å². The van der Waals surface area contributed by atoms with Gasteiger partial charge in [0.15, 0.2) is 5.13 Å². The summed E-state index contributed by atoms with van der Waals surface area (Å²) in [7, 11) is 0. The molecule has 2 aromatic rings. The van der Waals surface area contributed by atoms with Crippen molar-refractivity contribution < 1.29 is 4.79 Å². The molecule has 2 aliphatic rings. The molecule has 27 heavy (non-hydrogen) atoms. The lowest BCUT2D eigenvalue weighted by molar-refractivity contribution is -0.126. The monoisotopic (exact) mass is 384 g/mol. The number of carbonyl (C=O) groups is 1. The van der Waals surface area contributed by atoms with Crippen LogP contribution in [-0.2, 0) is 4.79 Å². The van der Waals surface area contributed by atoms with E-state index in [-0.39, 0.29) is 11.9 Å². The summed E-state index contributed by atoms with van der Waals surface area (Å²) in [5, 5.41) is 6.45. The maximum absolute atomic E-state index is 12.5. The number of hydrogen-bond donors (Lipinski definition) is 1. The lowest BCUT2D eigenvalue weighted by Gasteiger charge is -2.37. The van der Waals surface area contributed by atoms with Crippen molar-refractivity contribution in [2.75, 3.05) is 31.1 Å². The van der Waals surface area contributed by atoms with Gasteiger partial charge in [-0.3, -0.25) is 9.69 Å². The van der Waals surface area contributed by atoms with Crippen molar-refractivity contribution in [2.45, 2.75) is 44.7 Å². The van der Waals surface area contributed by atoms with E-state index in [0.717, 1.165) is 55.4 Å². The van der Waals surface area contributed by atoms with E-state index in [0.29, 0.717) is 6.04 Å². The second-order valence-electron chi connectivity index (χ2n) is 7.57. The molecule has 0 bridgehead atoms. The van der Waals surface area contributed by atoms with Crippen LogP contribution in [0.15, 0.2) is 35.7 Å². The number of carbonyl (C=O) groups excluding carboxylic acids is 1. The van der Waals surface area contributed by atoms with Crippen molar-refractivity contribution in [2.24, 2.45) is 0 Å². The number of benzene rings is 1. The van der Waals surface area contributed by atoms with Gasteiger partial charge in [-0.2, -0.15) is 0 Å². The van der Waals surface area contributed by atoms with Crippen molar-refractivity contribution in [3.63, 3.8) is 0 Å². The van der Waals surface area contributed by atoms with Crippen molar-refractivity contribution in [1.29, 1.82) is 0 Å². The molecule has 6 heteroatoms. The predicted octanol–water partition coefficient (Wildman–Crippen LogP) is 3.38. The third-order valence-electron chi connectivity index (χ3n) is 5.78. The van der Waals surface area contributed by atoms with Crippen LogP contribution in [0.3, 0.4) is 0 Å². The highest BCUT2D eigenvalue weighted by atomic mass is 32.1. The van der Waals surface area contributed by atoms with E-state index in [1.807, 2.05) is 25.1 Å². The highest BCUT2D eigenvalue weighted by molar-refractivity contribution is 7.14. The van der Waals surface area contributed by atoms with Gasteiger partial charge in [0.1, 0.15) is 0 Å². The van der Waals surface area contributed by atoms with Crippen LogP contribution in [0.5, 0.6) is 0 Å². The Hall–Kier alpha value is -1.92. The highest BCUT2D eigenvalue weighted by Crippen LogP contribution is 2.28. The van der Waals surface area contributed by atoms with Gasteiger partial charge >= 0.3 is 0 Å². The Kier molecular flexibility index (Phi) is 5.74. The number of amides is 1. The van der Waals surface area contributed by atoms with Gasteiger partial charge in [-0.25, -0.2) is 4.98 Å². The number of nitrogens with zero attached hydrogens (tertiary/aromatic N) is 3. The van der Waals surface area contributed by atoms with Crippen LogP contribution < -0.4 is 10.2 Å². The molecule has 1 saturated heterocycles. The molecular weight excluding hydrogens is 356 g/mol. The van der Waals surface area contributed by atoms with E-state index in [2.05, 4.69) is 32.6 Å². The van der Waals surface area contributed by atoms with Crippen LogP contribution in [-0.4, -0.2) is 54.1 Å². The average molecular weight is 385 g/mol. The molecule has 1 aliphatic heterocycles. The zero-order valence-electron chi connectivity index (χ0n) is 15.9. The van der Waals surface area contributed by atoms with Crippen LogP contribution >= 0.6 is 11.3 Å². The van der Waals surface area contributed by atoms with Crippen LogP contribution in [0, 0.1) is 0 Å². The lowest BCUT2D eigenvalue weighted by Crippen LogP contribution is -2.54. The Labute approximate surface area is 165 Å². The molecule has 1 N–H and O–H groups in total. The minimum atomic E-state index is -0.0519. The van der Waals surface area contributed by atoms with Gasteiger partial charge in [0, 0.05) is 43.2 Å². The first kappa shape index (κ1) is 18.4. The molecule has 0 radical (unpaired) electrons. The summed E-state index contributed by atoms with van der Waals surface area (Å²) in [5.74, 6) is 0.191. The van der Waals surface area contributed by atoms with Crippen molar-refractivity contribution in [3.8, 4) is 11.3 Å². The summed E-state index contributed by atoms with van der Waals surface area (Å²) in [6, 6.07) is 10.7. The summed E-state index contributed by atoms with van der Waals surface area (Å²) in [4.78, 5) is 22.0. The molecule has 1 aromatic heterocycles. The SMILES string of the molecule is CC(C(=O)NC1CCCC1)N1CCN(c2nc(-c3ccccc3)cs2)CC1. The Bertz CT molecular complexity index is 749. The number of rotatable bonds is 5. The molecule has 2 fully saturated rings. The van der Waals surface area contributed by atoms with E-state index in [4.69, 9.17) is 4.98 Å². The van der Waals surface area contributed by atoms with Gasteiger partial charge in [-0.15, -0.1) is 11.3 Å². The number of hydrogen-bond acceptors (Lipinski definition) is 5. The molecular formula is C21H28N4OS. The Morgan fingerprint density at radius 3 is 2.56 bits per heavy atom. The zero-order chi connectivity index (χ0) is 18.6. The Morgan fingerprint density at radius 1 is 1.15 bits per heavy atom. The summed E-state index contributed by atoms with van der Waals surface area (Å²) in [6.07, 6.45) is 4.77. The fraction of sp³-hybridized carbons (Fsp3) is 0.524. The minimum absolute atomic E-state index is 0.0519. The van der Waals surface area contributed by atoms with Gasteiger partial charge in [0.05, 0.1) is 11.7 Å². The zero-order valence-corrected chi connectivity index (χ0v) is 16.8. The predicted molar refractivity (Wildman–Crippen MR) is 111 cm³/mol. The van der Waals surface area contributed by atoms with Crippen molar-refractivity contribution in [1.82, 2.24) is 15.2 Å². The fourth-order valence-electron chi connectivity index (χ4n) is 4.01. The lowest BCUT2D eigenvalue weighted by atomic mass is 10.2. The molecule has 2 heterocycles. The molecule has 1 saturated carbocycles. The summed E-state index contributed by atoms with van der Waals surface area (Å²) >= 11 is 1.71. The third kappa shape index (κ3) is 4.33. The molecule has 1 aromatic carbocycles. The first-order chi connectivity index (χ1) is 13.2. The van der Waals surface area contributed by atoms with Crippen LogP contribution in [0.25, 0.3) is 11.3 Å². The van der Waals surface area contributed by atoms with E-state index in [1.54, 1.807) is 11.3 Å². The summed E-state index contributed by atoms with van der Waals surface area (Å²) < 4.78 is 0.